The molecule has 0 saturated carbocycles. The van der Waals surface area contributed by atoms with Crippen LogP contribution in [-0.4, -0.2) is 41.6 Å². The molecule has 0 aromatic carbocycles. The fraction of sp³-hybridized carbons (Fsp3) is 1.00. The summed E-state index contributed by atoms with van der Waals surface area (Å²) in [4.78, 5) is 0. The Labute approximate surface area is 103 Å². The van der Waals surface area contributed by atoms with Crippen molar-refractivity contribution in [3.63, 3.8) is 0 Å². The zero-order valence-corrected chi connectivity index (χ0v) is 11.9. The van der Waals surface area contributed by atoms with Gasteiger partial charge in [-0.25, -0.2) is 8.42 Å². The first-order valence-electron chi connectivity index (χ1n) is 6.02. The molecule has 2 aliphatic heterocycles. The third-order valence-corrected chi connectivity index (χ3v) is 7.27. The van der Waals surface area contributed by atoms with Gasteiger partial charge >= 0.3 is 0 Å². The summed E-state index contributed by atoms with van der Waals surface area (Å²) in [6, 6.07) is 0.562. The normalized spacial score (nSPS) is 35.9. The second-order valence-electron chi connectivity index (χ2n) is 5.14. The molecular formula is C11H21NO2S2. The molecule has 0 radical (unpaired) electrons. The summed E-state index contributed by atoms with van der Waals surface area (Å²) in [6.45, 7) is 3.57. The molecule has 94 valence electrons. The van der Waals surface area contributed by atoms with Crippen LogP contribution in [0.3, 0.4) is 0 Å². The molecule has 2 heterocycles. The summed E-state index contributed by atoms with van der Waals surface area (Å²) in [7, 11) is -3.04. The average Bonchev–Trinajstić information content (AvgIpc) is 2.50. The molecule has 3 nitrogen and oxygen atoms in total. The third-order valence-electron chi connectivity index (χ3n) is 3.85. The third kappa shape index (κ3) is 2.02. The predicted octanol–water partition coefficient (Wildman–Crippen LogP) is 2.08. The van der Waals surface area contributed by atoms with Crippen molar-refractivity contribution in [2.75, 3.05) is 6.26 Å². The smallest absolute Gasteiger partial charge is 0.212 e. The van der Waals surface area contributed by atoms with Gasteiger partial charge in [-0.15, -0.1) is 0 Å². The van der Waals surface area contributed by atoms with Gasteiger partial charge in [0.25, 0.3) is 0 Å². The van der Waals surface area contributed by atoms with Crippen molar-refractivity contribution in [2.45, 2.75) is 62.1 Å². The first-order valence-corrected chi connectivity index (χ1v) is 8.81. The van der Waals surface area contributed by atoms with Gasteiger partial charge in [-0.05, 0) is 45.8 Å². The van der Waals surface area contributed by atoms with Crippen molar-refractivity contribution in [3.05, 3.63) is 0 Å². The van der Waals surface area contributed by atoms with Crippen LogP contribution in [-0.2, 0) is 10.0 Å². The summed E-state index contributed by atoms with van der Waals surface area (Å²) < 4.78 is 26.4. The molecule has 16 heavy (non-hydrogen) atoms. The Morgan fingerprint density at radius 3 is 2.06 bits per heavy atom. The van der Waals surface area contributed by atoms with Gasteiger partial charge in [0.2, 0.25) is 10.0 Å². The van der Waals surface area contributed by atoms with Crippen molar-refractivity contribution in [1.82, 2.24) is 4.31 Å². The molecule has 2 saturated heterocycles. The van der Waals surface area contributed by atoms with E-state index in [2.05, 4.69) is 6.26 Å². The van der Waals surface area contributed by atoms with E-state index in [1.54, 1.807) is 13.8 Å². The molecule has 2 aliphatic rings. The van der Waals surface area contributed by atoms with Gasteiger partial charge in [0, 0.05) is 17.3 Å². The number of hydrogen-bond acceptors (Lipinski definition) is 3. The van der Waals surface area contributed by atoms with E-state index < -0.39 is 10.0 Å². The fourth-order valence-electron chi connectivity index (χ4n) is 2.94. The van der Waals surface area contributed by atoms with Crippen molar-refractivity contribution in [1.29, 1.82) is 0 Å². The van der Waals surface area contributed by atoms with Crippen LogP contribution >= 0.6 is 11.8 Å². The van der Waals surface area contributed by atoms with E-state index in [-0.39, 0.29) is 17.3 Å². The Kier molecular flexibility index (Phi) is 3.57. The van der Waals surface area contributed by atoms with Crippen molar-refractivity contribution in [3.8, 4) is 0 Å². The SMILES string of the molecule is CSC1CC2CCC(C1)N2S(=O)(=O)C(C)C. The van der Waals surface area contributed by atoms with E-state index in [1.807, 2.05) is 16.1 Å². The van der Waals surface area contributed by atoms with Crippen LogP contribution in [0.25, 0.3) is 0 Å². The van der Waals surface area contributed by atoms with Gasteiger partial charge in [0.05, 0.1) is 5.25 Å². The van der Waals surface area contributed by atoms with Crippen LogP contribution in [0, 0.1) is 0 Å². The Bertz CT molecular complexity index is 339. The van der Waals surface area contributed by atoms with Crippen molar-refractivity contribution in [2.24, 2.45) is 0 Å². The maximum atomic E-state index is 12.3. The van der Waals surface area contributed by atoms with Crippen LogP contribution in [0.1, 0.15) is 39.5 Å². The standard InChI is InChI=1S/C11H21NO2S2/c1-8(2)16(13,14)12-9-4-5-10(12)7-11(6-9)15-3/h8-11H,4-7H2,1-3H3. The number of fused-ring (bicyclic) bond motifs is 2. The number of nitrogens with zero attached hydrogens (tertiary/aromatic N) is 1. The zero-order chi connectivity index (χ0) is 11.9. The molecule has 2 fully saturated rings. The van der Waals surface area contributed by atoms with Crippen LogP contribution in [0.4, 0.5) is 0 Å². The summed E-state index contributed by atoms with van der Waals surface area (Å²) >= 11 is 1.89. The van der Waals surface area contributed by atoms with E-state index in [0.29, 0.717) is 5.25 Å². The largest absolute Gasteiger partial charge is 0.216 e. The van der Waals surface area contributed by atoms with E-state index in [1.165, 1.54) is 0 Å². The quantitative estimate of drug-likeness (QED) is 0.782. The van der Waals surface area contributed by atoms with Crippen LogP contribution in [0.15, 0.2) is 0 Å². The highest BCUT2D eigenvalue weighted by atomic mass is 32.2. The minimum Gasteiger partial charge on any atom is -0.212 e. The Balaban J connectivity index is 2.21. The summed E-state index contributed by atoms with van der Waals surface area (Å²) in [5, 5.41) is 0.387. The molecule has 0 spiro atoms. The Morgan fingerprint density at radius 2 is 1.69 bits per heavy atom. The van der Waals surface area contributed by atoms with Crippen LogP contribution in [0.5, 0.6) is 0 Å². The average molecular weight is 263 g/mol. The Hall–Kier alpha value is 0.260. The predicted molar refractivity (Wildman–Crippen MR) is 69.2 cm³/mol. The second kappa shape index (κ2) is 4.50. The molecule has 0 aromatic rings. The van der Waals surface area contributed by atoms with Crippen molar-refractivity contribution < 1.29 is 8.42 Å². The highest BCUT2D eigenvalue weighted by Crippen LogP contribution is 2.41. The minimum atomic E-state index is -3.04. The molecule has 0 N–H and O–H groups in total. The molecule has 2 bridgehead atoms. The lowest BCUT2D eigenvalue weighted by atomic mass is 10.1. The molecule has 2 atom stereocenters. The molecule has 0 amide bonds. The summed E-state index contributed by atoms with van der Waals surface area (Å²) in [6.07, 6.45) is 6.35. The fourth-order valence-corrected chi connectivity index (χ4v) is 5.47. The lowest BCUT2D eigenvalue weighted by Gasteiger charge is -2.38. The molecule has 2 rings (SSSR count). The monoisotopic (exact) mass is 263 g/mol. The number of piperidine rings is 1. The lowest BCUT2D eigenvalue weighted by Crippen LogP contribution is -2.49. The van der Waals surface area contributed by atoms with Gasteiger partial charge in [-0.3, -0.25) is 0 Å². The van der Waals surface area contributed by atoms with Crippen molar-refractivity contribution >= 4 is 21.8 Å². The minimum absolute atomic E-state index is 0.276. The van der Waals surface area contributed by atoms with E-state index in [9.17, 15) is 8.42 Å². The number of thioether (sulfide) groups is 1. The van der Waals surface area contributed by atoms with E-state index >= 15 is 0 Å². The molecule has 0 aromatic heterocycles. The molecule has 2 unspecified atom stereocenters. The van der Waals surface area contributed by atoms with Crippen LogP contribution in [0.2, 0.25) is 0 Å². The molecule has 5 heteroatoms. The molecular weight excluding hydrogens is 242 g/mol. The van der Waals surface area contributed by atoms with E-state index in [0.717, 1.165) is 25.7 Å². The topological polar surface area (TPSA) is 37.4 Å². The summed E-state index contributed by atoms with van der Waals surface area (Å²) in [5.74, 6) is 0. The highest BCUT2D eigenvalue weighted by molar-refractivity contribution is 7.99. The molecule has 0 aliphatic carbocycles. The zero-order valence-electron chi connectivity index (χ0n) is 10.2. The van der Waals surface area contributed by atoms with E-state index in [4.69, 9.17) is 0 Å². The maximum Gasteiger partial charge on any atom is 0.216 e. The second-order valence-corrected chi connectivity index (χ2v) is 8.67. The number of hydrogen-bond donors (Lipinski definition) is 0. The highest BCUT2D eigenvalue weighted by Gasteiger charge is 2.47. The Morgan fingerprint density at radius 1 is 1.19 bits per heavy atom. The maximum absolute atomic E-state index is 12.3. The van der Waals surface area contributed by atoms with Gasteiger partial charge in [0.1, 0.15) is 0 Å². The van der Waals surface area contributed by atoms with Gasteiger partial charge in [0.15, 0.2) is 0 Å². The lowest BCUT2D eigenvalue weighted by molar-refractivity contribution is 0.251. The summed E-state index contributed by atoms with van der Waals surface area (Å²) in [5.41, 5.74) is 0. The van der Waals surface area contributed by atoms with Crippen LogP contribution < -0.4 is 0 Å². The number of rotatable bonds is 3. The van der Waals surface area contributed by atoms with Gasteiger partial charge in [-0.1, -0.05) is 0 Å². The number of sulfonamides is 1. The van der Waals surface area contributed by atoms with Gasteiger partial charge < -0.3 is 0 Å². The first-order chi connectivity index (χ1) is 7.46. The van der Waals surface area contributed by atoms with Gasteiger partial charge in [-0.2, -0.15) is 16.1 Å². The first kappa shape index (κ1) is 12.7.